The van der Waals surface area contributed by atoms with Crippen LogP contribution in [0.3, 0.4) is 0 Å². The molecule has 42 heavy (non-hydrogen) atoms. The second-order valence-corrected chi connectivity index (χ2v) is 10.3. The first kappa shape index (κ1) is 27.4. The van der Waals surface area contributed by atoms with E-state index in [1.165, 1.54) is 6.08 Å². The van der Waals surface area contributed by atoms with Crippen LogP contribution in [-0.2, 0) is 16.1 Å². The van der Waals surface area contributed by atoms with Crippen LogP contribution < -0.4 is 15.5 Å². The number of likely N-dealkylation sites (tertiary alicyclic amines) is 1. The maximum Gasteiger partial charge on any atom is 0.276 e. The number of piperidine rings is 1. The monoisotopic (exact) mass is 568 g/mol. The second-order valence-electron chi connectivity index (χ2n) is 10.3. The molecule has 3 N–H and O–H groups in total. The Morgan fingerprint density at radius 2 is 1.93 bits per heavy atom. The molecule has 0 bridgehead atoms. The lowest BCUT2D eigenvalue weighted by Gasteiger charge is -2.33. The Bertz CT molecular complexity index is 1580. The largest absolute Gasteiger partial charge is 0.378 e. The van der Waals surface area contributed by atoms with E-state index in [4.69, 9.17) is 4.74 Å². The predicted molar refractivity (Wildman–Crippen MR) is 157 cm³/mol. The van der Waals surface area contributed by atoms with Crippen molar-refractivity contribution in [2.75, 3.05) is 49.6 Å². The second kappa shape index (κ2) is 12.4. The van der Waals surface area contributed by atoms with E-state index in [0.717, 1.165) is 72.7 Å². The molecule has 1 atom stereocenters. The SMILES string of the molecule is C=CC(=O)N[C@@H]1CCCN(Cc2ccnc(C(=O)Nc3ncc(-c4cc5c(N6CCOCC6)ncnc5[nH]4)cn3)c2)C1. The molecule has 0 radical (unpaired) electrons. The number of ether oxygens (including phenoxy) is 1. The predicted octanol–water partition coefficient (Wildman–Crippen LogP) is 2.17. The zero-order valence-corrected chi connectivity index (χ0v) is 23.1. The van der Waals surface area contributed by atoms with Gasteiger partial charge < -0.3 is 19.9 Å². The lowest BCUT2D eigenvalue weighted by atomic mass is 10.0. The van der Waals surface area contributed by atoms with Crippen molar-refractivity contribution >= 4 is 34.6 Å². The highest BCUT2D eigenvalue weighted by molar-refractivity contribution is 6.02. The smallest absolute Gasteiger partial charge is 0.276 e. The molecular weight excluding hydrogens is 536 g/mol. The Balaban J connectivity index is 1.10. The number of aromatic nitrogens is 6. The first-order valence-corrected chi connectivity index (χ1v) is 14.0. The van der Waals surface area contributed by atoms with Crippen LogP contribution in [0.25, 0.3) is 22.3 Å². The molecule has 0 unspecified atom stereocenters. The van der Waals surface area contributed by atoms with Crippen molar-refractivity contribution in [3.63, 3.8) is 0 Å². The van der Waals surface area contributed by atoms with Crippen molar-refractivity contribution in [1.82, 2.24) is 40.1 Å². The molecule has 0 aliphatic carbocycles. The Labute approximate surface area is 242 Å². The van der Waals surface area contributed by atoms with Gasteiger partial charge in [0.05, 0.1) is 24.3 Å². The number of nitrogens with zero attached hydrogens (tertiary/aromatic N) is 7. The molecule has 0 saturated carbocycles. The van der Waals surface area contributed by atoms with Gasteiger partial charge in [0.15, 0.2) is 0 Å². The number of aromatic amines is 1. The van der Waals surface area contributed by atoms with Crippen molar-refractivity contribution < 1.29 is 14.3 Å². The third-order valence-electron chi connectivity index (χ3n) is 7.40. The molecule has 13 heteroatoms. The Morgan fingerprint density at radius 1 is 1.10 bits per heavy atom. The molecule has 13 nitrogen and oxygen atoms in total. The van der Waals surface area contributed by atoms with Crippen molar-refractivity contribution in [3.05, 3.63) is 67.0 Å². The lowest BCUT2D eigenvalue weighted by Crippen LogP contribution is -2.46. The van der Waals surface area contributed by atoms with Gasteiger partial charge in [-0.05, 0) is 49.2 Å². The van der Waals surface area contributed by atoms with Crippen LogP contribution in [0.1, 0.15) is 28.9 Å². The molecule has 0 aromatic carbocycles. The van der Waals surface area contributed by atoms with Gasteiger partial charge in [-0.1, -0.05) is 6.58 Å². The minimum Gasteiger partial charge on any atom is -0.378 e. The highest BCUT2D eigenvalue weighted by atomic mass is 16.5. The Hall–Kier alpha value is -4.75. The van der Waals surface area contributed by atoms with E-state index in [2.05, 4.69) is 56.9 Å². The van der Waals surface area contributed by atoms with Crippen LogP contribution in [0.2, 0.25) is 0 Å². The summed E-state index contributed by atoms with van der Waals surface area (Å²) >= 11 is 0. The number of carbonyl (C=O) groups excluding carboxylic acids is 2. The molecule has 6 heterocycles. The number of hydrogen-bond acceptors (Lipinski definition) is 10. The average Bonchev–Trinajstić information content (AvgIpc) is 3.47. The number of rotatable bonds is 8. The summed E-state index contributed by atoms with van der Waals surface area (Å²) in [5, 5.41) is 6.63. The third kappa shape index (κ3) is 6.26. The van der Waals surface area contributed by atoms with Gasteiger partial charge in [-0.25, -0.2) is 19.9 Å². The highest BCUT2D eigenvalue weighted by Crippen LogP contribution is 2.28. The molecule has 2 aliphatic rings. The van der Waals surface area contributed by atoms with Crippen LogP contribution in [0, 0.1) is 0 Å². The van der Waals surface area contributed by atoms with E-state index >= 15 is 0 Å². The highest BCUT2D eigenvalue weighted by Gasteiger charge is 2.22. The minimum absolute atomic E-state index is 0.0816. The molecule has 2 saturated heterocycles. The zero-order valence-electron chi connectivity index (χ0n) is 23.1. The number of fused-ring (bicyclic) bond motifs is 1. The van der Waals surface area contributed by atoms with Crippen molar-refractivity contribution in [1.29, 1.82) is 0 Å². The van der Waals surface area contributed by atoms with Crippen LogP contribution >= 0.6 is 0 Å². The molecule has 2 fully saturated rings. The first-order valence-electron chi connectivity index (χ1n) is 14.0. The van der Waals surface area contributed by atoms with Gasteiger partial charge in [-0.15, -0.1) is 0 Å². The van der Waals surface area contributed by atoms with E-state index in [1.54, 1.807) is 31.0 Å². The summed E-state index contributed by atoms with van der Waals surface area (Å²) in [6.07, 6.45) is 9.69. The number of morpholine rings is 1. The fraction of sp³-hybridized carbons (Fsp3) is 0.345. The molecule has 216 valence electrons. The topological polar surface area (TPSA) is 154 Å². The van der Waals surface area contributed by atoms with Crippen LogP contribution in [0.4, 0.5) is 11.8 Å². The van der Waals surface area contributed by atoms with Gasteiger partial charge >= 0.3 is 0 Å². The van der Waals surface area contributed by atoms with E-state index < -0.39 is 5.91 Å². The fourth-order valence-electron chi connectivity index (χ4n) is 5.34. The maximum absolute atomic E-state index is 13.0. The number of nitrogens with one attached hydrogen (secondary N) is 3. The summed E-state index contributed by atoms with van der Waals surface area (Å²) in [7, 11) is 0. The Kier molecular flexibility index (Phi) is 8.10. The van der Waals surface area contributed by atoms with Crippen molar-refractivity contribution in [3.8, 4) is 11.3 Å². The molecule has 6 rings (SSSR count). The summed E-state index contributed by atoms with van der Waals surface area (Å²) in [6, 6.07) is 5.74. The number of hydrogen-bond donors (Lipinski definition) is 3. The van der Waals surface area contributed by atoms with E-state index in [9.17, 15) is 9.59 Å². The fourth-order valence-corrected chi connectivity index (χ4v) is 5.34. The molecule has 2 aliphatic heterocycles. The van der Waals surface area contributed by atoms with Crippen molar-refractivity contribution in [2.24, 2.45) is 0 Å². The number of anilines is 2. The average molecular weight is 569 g/mol. The zero-order chi connectivity index (χ0) is 28.9. The lowest BCUT2D eigenvalue weighted by molar-refractivity contribution is -0.117. The van der Waals surface area contributed by atoms with E-state index in [-0.39, 0.29) is 23.6 Å². The number of pyridine rings is 1. The number of H-pyrrole nitrogens is 1. The van der Waals surface area contributed by atoms with Gasteiger partial charge in [0.1, 0.15) is 23.5 Å². The molecular formula is C29H32N10O3. The summed E-state index contributed by atoms with van der Waals surface area (Å²) in [4.78, 5) is 54.3. The number of carbonyl (C=O) groups is 2. The molecule has 2 amide bonds. The standard InChI is InChI=1S/C29H32N10O3/c1-2-25(40)35-21-4-3-7-38(17-21)16-19-5-6-30-24(12-19)28(41)37-29-31-14-20(15-32-29)23-13-22-26(36-23)33-18-34-27(22)39-8-10-42-11-9-39/h2,5-6,12-15,18,21H,1,3-4,7-11,16-17H2,(H,35,40)(H,33,34,36)(H,31,32,37,41)/t21-/m1/s1. The molecule has 4 aromatic rings. The Morgan fingerprint density at radius 3 is 2.74 bits per heavy atom. The van der Waals surface area contributed by atoms with Gasteiger partial charge in [-0.3, -0.25) is 24.8 Å². The van der Waals surface area contributed by atoms with Crippen molar-refractivity contribution in [2.45, 2.75) is 25.4 Å². The van der Waals surface area contributed by atoms with Gasteiger partial charge in [0, 0.05) is 56.4 Å². The van der Waals surface area contributed by atoms with Crippen LogP contribution in [-0.4, -0.2) is 92.1 Å². The van der Waals surface area contributed by atoms with Gasteiger partial charge in [-0.2, -0.15) is 0 Å². The van der Waals surface area contributed by atoms with Crippen LogP contribution in [0.15, 0.2) is 55.8 Å². The maximum atomic E-state index is 13.0. The summed E-state index contributed by atoms with van der Waals surface area (Å²) in [5.41, 5.74) is 3.52. The van der Waals surface area contributed by atoms with E-state index in [0.29, 0.717) is 19.8 Å². The van der Waals surface area contributed by atoms with Gasteiger partial charge in [0.2, 0.25) is 11.9 Å². The number of amides is 2. The quantitative estimate of drug-likeness (QED) is 0.269. The summed E-state index contributed by atoms with van der Waals surface area (Å²) in [5.74, 6) is 0.492. The third-order valence-corrected chi connectivity index (χ3v) is 7.40. The molecule has 4 aromatic heterocycles. The minimum atomic E-state index is -0.393. The van der Waals surface area contributed by atoms with Crippen LogP contribution in [0.5, 0.6) is 0 Å². The normalized spacial score (nSPS) is 17.6. The first-order chi connectivity index (χ1) is 20.6. The van der Waals surface area contributed by atoms with Gasteiger partial charge in [0.25, 0.3) is 5.91 Å². The summed E-state index contributed by atoms with van der Waals surface area (Å²) in [6.45, 7) is 8.71. The molecule has 0 spiro atoms. The van der Waals surface area contributed by atoms with E-state index in [1.807, 2.05) is 12.1 Å². The summed E-state index contributed by atoms with van der Waals surface area (Å²) < 4.78 is 5.47.